The molecule has 1 fully saturated rings. The van der Waals surface area contributed by atoms with Crippen molar-refractivity contribution >= 4 is 18.3 Å². The maximum Gasteiger partial charge on any atom is 0.220 e. The van der Waals surface area contributed by atoms with Crippen LogP contribution in [0.15, 0.2) is 0 Å². The highest BCUT2D eigenvalue weighted by molar-refractivity contribution is 5.85. The molecule has 1 unspecified atom stereocenters. The fraction of sp³-hybridized carbons (Fsp3) is 0.917. The number of nitrogens with one attached hydrogen (secondary N) is 2. The molecule has 1 aliphatic heterocycles. The highest BCUT2D eigenvalue weighted by atomic mass is 35.5. The van der Waals surface area contributed by atoms with Gasteiger partial charge in [0.2, 0.25) is 5.91 Å². The lowest BCUT2D eigenvalue weighted by molar-refractivity contribution is -0.121. The van der Waals surface area contributed by atoms with Gasteiger partial charge in [0.05, 0.1) is 0 Å². The molecular formula is C12H25ClN2O. The van der Waals surface area contributed by atoms with E-state index in [1.165, 1.54) is 12.8 Å². The summed E-state index contributed by atoms with van der Waals surface area (Å²) in [5.41, 5.74) is 0. The molecule has 3 nitrogen and oxygen atoms in total. The van der Waals surface area contributed by atoms with Crippen LogP contribution in [0.3, 0.4) is 0 Å². The van der Waals surface area contributed by atoms with Crippen molar-refractivity contribution in [1.82, 2.24) is 10.6 Å². The van der Waals surface area contributed by atoms with Gasteiger partial charge in [-0.05, 0) is 44.2 Å². The van der Waals surface area contributed by atoms with E-state index in [1.807, 2.05) is 0 Å². The molecule has 1 saturated heterocycles. The zero-order valence-corrected chi connectivity index (χ0v) is 11.2. The molecule has 0 aromatic carbocycles. The molecule has 1 heterocycles. The molecule has 1 atom stereocenters. The van der Waals surface area contributed by atoms with E-state index in [2.05, 4.69) is 24.5 Å². The Kier molecular flexibility index (Phi) is 8.67. The molecule has 16 heavy (non-hydrogen) atoms. The molecule has 2 N–H and O–H groups in total. The summed E-state index contributed by atoms with van der Waals surface area (Å²) in [6.45, 7) is 7.28. The number of hydrogen-bond acceptors (Lipinski definition) is 2. The molecule has 0 spiro atoms. The minimum absolute atomic E-state index is 0. The summed E-state index contributed by atoms with van der Waals surface area (Å²) >= 11 is 0. The van der Waals surface area contributed by atoms with Crippen LogP contribution in [0, 0.1) is 11.8 Å². The van der Waals surface area contributed by atoms with Crippen LogP contribution in [-0.4, -0.2) is 25.5 Å². The number of carbonyl (C=O) groups excluding carboxylic acids is 1. The van der Waals surface area contributed by atoms with Crippen molar-refractivity contribution in [3.63, 3.8) is 0 Å². The lowest BCUT2D eigenvalue weighted by Crippen LogP contribution is -2.33. The third-order valence-corrected chi connectivity index (χ3v) is 2.87. The fourth-order valence-corrected chi connectivity index (χ4v) is 2.03. The molecule has 1 amide bonds. The van der Waals surface area contributed by atoms with Crippen molar-refractivity contribution < 1.29 is 4.79 Å². The molecule has 0 bridgehead atoms. The van der Waals surface area contributed by atoms with E-state index in [1.54, 1.807) is 0 Å². The maximum atomic E-state index is 11.4. The van der Waals surface area contributed by atoms with Crippen LogP contribution >= 0.6 is 12.4 Å². The van der Waals surface area contributed by atoms with Crippen LogP contribution < -0.4 is 10.6 Å². The number of amides is 1. The number of halogens is 1. The van der Waals surface area contributed by atoms with Gasteiger partial charge in [-0.1, -0.05) is 13.8 Å². The molecule has 96 valence electrons. The first-order chi connectivity index (χ1) is 7.18. The smallest absolute Gasteiger partial charge is 0.220 e. The van der Waals surface area contributed by atoms with Crippen molar-refractivity contribution in [2.45, 2.75) is 39.5 Å². The second-order valence-corrected chi connectivity index (χ2v) is 4.95. The summed E-state index contributed by atoms with van der Waals surface area (Å²) in [5, 5.41) is 6.39. The lowest BCUT2D eigenvalue weighted by atomic mass is 9.96. The fourth-order valence-electron chi connectivity index (χ4n) is 2.03. The van der Waals surface area contributed by atoms with Crippen LogP contribution in [0.5, 0.6) is 0 Å². The normalized spacial score (nSPS) is 20.3. The van der Waals surface area contributed by atoms with Crippen LogP contribution in [0.25, 0.3) is 0 Å². The summed E-state index contributed by atoms with van der Waals surface area (Å²) in [4.78, 5) is 11.4. The van der Waals surface area contributed by atoms with Crippen LogP contribution in [0.2, 0.25) is 0 Å². The summed E-state index contributed by atoms with van der Waals surface area (Å²) in [5.74, 6) is 1.42. The number of hydrogen-bond donors (Lipinski definition) is 2. The first-order valence-electron chi connectivity index (χ1n) is 6.16. The molecular weight excluding hydrogens is 224 g/mol. The summed E-state index contributed by atoms with van der Waals surface area (Å²) in [6.07, 6.45) is 4.37. The van der Waals surface area contributed by atoms with Gasteiger partial charge in [-0.2, -0.15) is 0 Å². The average Bonchev–Trinajstić information content (AvgIpc) is 2.18. The average molecular weight is 249 g/mol. The zero-order chi connectivity index (χ0) is 11.1. The second kappa shape index (κ2) is 8.82. The maximum absolute atomic E-state index is 11.4. The van der Waals surface area contributed by atoms with E-state index in [4.69, 9.17) is 0 Å². The molecule has 0 radical (unpaired) electrons. The topological polar surface area (TPSA) is 41.1 Å². The van der Waals surface area contributed by atoms with E-state index in [-0.39, 0.29) is 18.3 Å². The van der Waals surface area contributed by atoms with Gasteiger partial charge < -0.3 is 10.6 Å². The van der Waals surface area contributed by atoms with Crippen molar-refractivity contribution in [1.29, 1.82) is 0 Å². The van der Waals surface area contributed by atoms with Gasteiger partial charge in [0.15, 0.2) is 0 Å². The monoisotopic (exact) mass is 248 g/mol. The first-order valence-corrected chi connectivity index (χ1v) is 6.16. The zero-order valence-electron chi connectivity index (χ0n) is 10.4. The highest BCUT2D eigenvalue weighted by Crippen LogP contribution is 2.12. The van der Waals surface area contributed by atoms with E-state index in [9.17, 15) is 4.79 Å². The number of rotatable bonds is 5. The lowest BCUT2D eigenvalue weighted by Gasteiger charge is -2.22. The largest absolute Gasteiger partial charge is 0.356 e. The van der Waals surface area contributed by atoms with Crippen LogP contribution in [0.4, 0.5) is 0 Å². The van der Waals surface area contributed by atoms with Crippen molar-refractivity contribution in [2.75, 3.05) is 19.6 Å². The van der Waals surface area contributed by atoms with Gasteiger partial charge in [0.25, 0.3) is 0 Å². The Morgan fingerprint density at radius 2 is 2.25 bits per heavy atom. The second-order valence-electron chi connectivity index (χ2n) is 4.95. The third-order valence-electron chi connectivity index (χ3n) is 2.87. The van der Waals surface area contributed by atoms with Gasteiger partial charge in [0.1, 0.15) is 0 Å². The molecule has 0 aromatic heterocycles. The third kappa shape index (κ3) is 7.07. The highest BCUT2D eigenvalue weighted by Gasteiger charge is 2.12. The van der Waals surface area contributed by atoms with E-state index >= 15 is 0 Å². The van der Waals surface area contributed by atoms with E-state index in [0.717, 1.165) is 32.0 Å². The summed E-state index contributed by atoms with van der Waals surface area (Å²) < 4.78 is 0. The van der Waals surface area contributed by atoms with Gasteiger partial charge >= 0.3 is 0 Å². The Hall–Kier alpha value is -0.280. The minimum Gasteiger partial charge on any atom is -0.356 e. The van der Waals surface area contributed by atoms with E-state index < -0.39 is 0 Å². The molecule has 1 aliphatic rings. The Morgan fingerprint density at radius 3 is 2.81 bits per heavy atom. The Labute approximate surface area is 105 Å². The van der Waals surface area contributed by atoms with Gasteiger partial charge in [-0.25, -0.2) is 0 Å². The summed E-state index contributed by atoms with van der Waals surface area (Å²) in [6, 6.07) is 0. The van der Waals surface area contributed by atoms with Crippen molar-refractivity contribution in [3.05, 3.63) is 0 Å². The Balaban J connectivity index is 0.00000225. The van der Waals surface area contributed by atoms with Crippen molar-refractivity contribution in [2.24, 2.45) is 11.8 Å². The van der Waals surface area contributed by atoms with Gasteiger partial charge in [-0.3, -0.25) is 4.79 Å². The molecule has 0 aliphatic carbocycles. The van der Waals surface area contributed by atoms with Crippen molar-refractivity contribution in [3.8, 4) is 0 Å². The van der Waals surface area contributed by atoms with Crippen LogP contribution in [-0.2, 0) is 4.79 Å². The number of carbonyl (C=O) groups is 1. The quantitative estimate of drug-likeness (QED) is 0.781. The molecule has 0 aromatic rings. The predicted molar refractivity (Wildman–Crippen MR) is 69.9 cm³/mol. The minimum atomic E-state index is 0. The molecule has 4 heteroatoms. The molecule has 1 rings (SSSR count). The summed E-state index contributed by atoms with van der Waals surface area (Å²) in [7, 11) is 0. The first kappa shape index (κ1) is 15.7. The predicted octanol–water partition coefficient (Wildman–Crippen LogP) is 1.96. The Bertz CT molecular complexity index is 191. The van der Waals surface area contributed by atoms with Gasteiger partial charge in [0, 0.05) is 13.0 Å². The van der Waals surface area contributed by atoms with Gasteiger partial charge in [-0.15, -0.1) is 12.4 Å². The standard InChI is InChI=1S/C12H24N2O.ClH/c1-10(2)8-12(15)14-7-5-11-4-3-6-13-9-11;/h10-11,13H,3-9H2,1-2H3,(H,14,15);1H. The van der Waals surface area contributed by atoms with E-state index in [0.29, 0.717) is 12.3 Å². The Morgan fingerprint density at radius 1 is 1.50 bits per heavy atom. The molecule has 0 saturated carbocycles. The number of piperidine rings is 1. The van der Waals surface area contributed by atoms with Crippen LogP contribution in [0.1, 0.15) is 39.5 Å². The SMILES string of the molecule is CC(C)CC(=O)NCCC1CCCNC1.Cl.